The first-order chi connectivity index (χ1) is 15.1. The monoisotopic (exact) mass is 431 g/mol. The highest BCUT2D eigenvalue weighted by Crippen LogP contribution is 2.35. The van der Waals surface area contributed by atoms with Gasteiger partial charge in [0, 0.05) is 28.7 Å². The van der Waals surface area contributed by atoms with Crippen LogP contribution in [0.15, 0.2) is 78.9 Å². The van der Waals surface area contributed by atoms with Crippen LogP contribution in [-0.2, 0) is 13.2 Å². The van der Waals surface area contributed by atoms with E-state index in [1.807, 2.05) is 31.2 Å². The van der Waals surface area contributed by atoms with Crippen LogP contribution in [0.25, 0.3) is 10.8 Å². The number of rotatable bonds is 8. The SMILES string of the molecule is CCOc1cc(CNc2cccc3ccccc23)c(Cl)cc1OCc1ccc(C)cc1. The second kappa shape index (κ2) is 9.76. The van der Waals surface area contributed by atoms with Crippen molar-refractivity contribution in [3.63, 3.8) is 0 Å². The lowest BCUT2D eigenvalue weighted by Gasteiger charge is -2.16. The van der Waals surface area contributed by atoms with Crippen molar-refractivity contribution in [2.75, 3.05) is 11.9 Å². The van der Waals surface area contributed by atoms with Gasteiger partial charge in [0.25, 0.3) is 0 Å². The van der Waals surface area contributed by atoms with Gasteiger partial charge in [-0.15, -0.1) is 0 Å². The molecule has 0 radical (unpaired) electrons. The molecule has 158 valence electrons. The summed E-state index contributed by atoms with van der Waals surface area (Å²) in [7, 11) is 0. The lowest BCUT2D eigenvalue weighted by atomic mass is 10.1. The highest BCUT2D eigenvalue weighted by atomic mass is 35.5. The Labute approximate surface area is 188 Å². The number of halogens is 1. The fraction of sp³-hybridized carbons (Fsp3) is 0.185. The summed E-state index contributed by atoms with van der Waals surface area (Å²) < 4.78 is 11.9. The zero-order valence-corrected chi connectivity index (χ0v) is 18.6. The second-order valence-electron chi connectivity index (χ2n) is 7.48. The molecule has 4 rings (SSSR count). The average Bonchev–Trinajstić information content (AvgIpc) is 2.79. The highest BCUT2D eigenvalue weighted by molar-refractivity contribution is 6.31. The standard InChI is InChI=1S/C27H26ClNO2/c1-3-30-26-15-22(17-29-25-10-6-8-21-7-4-5-9-23(21)25)24(28)16-27(26)31-18-20-13-11-19(2)12-14-20/h4-16,29H,3,17-18H2,1-2H3. The molecule has 0 atom stereocenters. The van der Waals surface area contributed by atoms with E-state index in [4.69, 9.17) is 21.1 Å². The summed E-state index contributed by atoms with van der Waals surface area (Å²) in [4.78, 5) is 0. The van der Waals surface area contributed by atoms with Crippen molar-refractivity contribution >= 4 is 28.1 Å². The maximum Gasteiger partial charge on any atom is 0.163 e. The van der Waals surface area contributed by atoms with Crippen LogP contribution in [-0.4, -0.2) is 6.61 Å². The molecule has 0 aliphatic heterocycles. The summed E-state index contributed by atoms with van der Waals surface area (Å²) in [5.74, 6) is 1.36. The molecule has 31 heavy (non-hydrogen) atoms. The number of hydrogen-bond donors (Lipinski definition) is 1. The van der Waals surface area contributed by atoms with Crippen LogP contribution in [0.1, 0.15) is 23.6 Å². The average molecular weight is 432 g/mol. The molecule has 0 aliphatic rings. The van der Waals surface area contributed by atoms with Crippen LogP contribution >= 0.6 is 11.6 Å². The van der Waals surface area contributed by atoms with Gasteiger partial charge in [0.2, 0.25) is 0 Å². The van der Waals surface area contributed by atoms with Crippen molar-refractivity contribution in [1.29, 1.82) is 0 Å². The first-order valence-corrected chi connectivity index (χ1v) is 10.9. The Morgan fingerprint density at radius 2 is 1.58 bits per heavy atom. The Hall–Kier alpha value is -3.17. The van der Waals surface area contributed by atoms with Gasteiger partial charge in [0.05, 0.1) is 6.61 Å². The molecule has 0 amide bonds. The van der Waals surface area contributed by atoms with E-state index in [2.05, 4.69) is 66.8 Å². The predicted molar refractivity (Wildman–Crippen MR) is 129 cm³/mol. The van der Waals surface area contributed by atoms with Gasteiger partial charge in [0.15, 0.2) is 11.5 Å². The number of ether oxygens (including phenoxy) is 2. The normalized spacial score (nSPS) is 10.8. The smallest absolute Gasteiger partial charge is 0.163 e. The minimum atomic E-state index is 0.463. The van der Waals surface area contributed by atoms with Crippen LogP contribution in [0.4, 0.5) is 5.69 Å². The predicted octanol–water partition coefficient (Wildman–Crippen LogP) is 7.39. The van der Waals surface area contributed by atoms with Crippen LogP contribution in [0, 0.1) is 6.92 Å². The minimum absolute atomic E-state index is 0.463. The van der Waals surface area contributed by atoms with E-state index in [0.717, 1.165) is 16.8 Å². The van der Waals surface area contributed by atoms with Gasteiger partial charge in [-0.3, -0.25) is 0 Å². The lowest BCUT2D eigenvalue weighted by Crippen LogP contribution is -2.04. The second-order valence-corrected chi connectivity index (χ2v) is 7.89. The van der Waals surface area contributed by atoms with Gasteiger partial charge in [-0.25, -0.2) is 0 Å². The van der Waals surface area contributed by atoms with Gasteiger partial charge >= 0.3 is 0 Å². The van der Waals surface area contributed by atoms with E-state index in [-0.39, 0.29) is 0 Å². The molecule has 1 N–H and O–H groups in total. The molecule has 0 saturated heterocycles. The molecule has 0 unspecified atom stereocenters. The lowest BCUT2D eigenvalue weighted by molar-refractivity contribution is 0.269. The van der Waals surface area contributed by atoms with Gasteiger partial charge in [-0.2, -0.15) is 0 Å². The molecule has 0 spiro atoms. The van der Waals surface area contributed by atoms with Crippen molar-refractivity contribution in [3.8, 4) is 11.5 Å². The first kappa shape index (κ1) is 21.1. The third kappa shape index (κ3) is 5.12. The van der Waals surface area contributed by atoms with Crippen LogP contribution in [0.5, 0.6) is 11.5 Å². The van der Waals surface area contributed by atoms with Crippen LogP contribution < -0.4 is 14.8 Å². The maximum atomic E-state index is 6.61. The molecule has 0 saturated carbocycles. The quantitative estimate of drug-likeness (QED) is 0.315. The molecule has 3 nitrogen and oxygen atoms in total. The molecule has 0 fully saturated rings. The molecule has 4 aromatic rings. The summed E-state index contributed by atoms with van der Waals surface area (Å²) in [6.45, 7) is 5.64. The van der Waals surface area contributed by atoms with Gasteiger partial charge in [0.1, 0.15) is 6.61 Å². The Morgan fingerprint density at radius 1 is 0.839 bits per heavy atom. The molecular formula is C27H26ClNO2. The van der Waals surface area contributed by atoms with Gasteiger partial charge in [-0.05, 0) is 42.5 Å². The van der Waals surface area contributed by atoms with E-state index in [9.17, 15) is 0 Å². The fourth-order valence-electron chi connectivity index (χ4n) is 3.51. The number of hydrogen-bond acceptors (Lipinski definition) is 3. The number of aryl methyl sites for hydroxylation is 1. The summed E-state index contributed by atoms with van der Waals surface area (Å²) in [5, 5.41) is 6.55. The van der Waals surface area contributed by atoms with E-state index in [1.54, 1.807) is 0 Å². The third-order valence-electron chi connectivity index (χ3n) is 5.19. The summed E-state index contributed by atoms with van der Waals surface area (Å²) in [5.41, 5.74) is 4.36. The number of nitrogens with one attached hydrogen (secondary N) is 1. The molecule has 0 aliphatic carbocycles. The van der Waals surface area contributed by atoms with Crippen molar-refractivity contribution in [3.05, 3.63) is 101 Å². The van der Waals surface area contributed by atoms with Crippen molar-refractivity contribution < 1.29 is 9.47 Å². The third-order valence-corrected chi connectivity index (χ3v) is 5.54. The van der Waals surface area contributed by atoms with Crippen molar-refractivity contribution in [1.82, 2.24) is 0 Å². The molecule has 4 heteroatoms. The first-order valence-electron chi connectivity index (χ1n) is 10.5. The Bertz CT molecular complexity index is 1170. The number of benzene rings is 4. The Morgan fingerprint density at radius 3 is 2.39 bits per heavy atom. The fourth-order valence-corrected chi connectivity index (χ4v) is 3.73. The highest BCUT2D eigenvalue weighted by Gasteiger charge is 2.12. The van der Waals surface area contributed by atoms with Gasteiger partial charge in [-0.1, -0.05) is 77.8 Å². The summed E-state index contributed by atoms with van der Waals surface area (Å²) in [6.07, 6.45) is 0. The number of fused-ring (bicyclic) bond motifs is 1. The molecule has 0 heterocycles. The maximum absolute atomic E-state index is 6.61. The van der Waals surface area contributed by atoms with Crippen molar-refractivity contribution in [2.24, 2.45) is 0 Å². The minimum Gasteiger partial charge on any atom is -0.490 e. The molecule has 4 aromatic carbocycles. The Kier molecular flexibility index (Phi) is 6.63. The van der Waals surface area contributed by atoms with Crippen molar-refractivity contribution in [2.45, 2.75) is 27.0 Å². The zero-order chi connectivity index (χ0) is 21.6. The van der Waals surface area contributed by atoms with E-state index >= 15 is 0 Å². The summed E-state index contributed by atoms with van der Waals surface area (Å²) in [6, 6.07) is 26.7. The van der Waals surface area contributed by atoms with Crippen LogP contribution in [0.2, 0.25) is 5.02 Å². The summed E-state index contributed by atoms with van der Waals surface area (Å²) >= 11 is 6.61. The molecular weight excluding hydrogens is 406 g/mol. The van der Waals surface area contributed by atoms with E-state index in [1.165, 1.54) is 16.3 Å². The largest absolute Gasteiger partial charge is 0.490 e. The zero-order valence-electron chi connectivity index (χ0n) is 17.8. The topological polar surface area (TPSA) is 30.5 Å². The Balaban J connectivity index is 1.52. The molecule has 0 aromatic heterocycles. The van der Waals surface area contributed by atoms with Crippen LogP contribution in [0.3, 0.4) is 0 Å². The van der Waals surface area contributed by atoms with E-state index < -0.39 is 0 Å². The van der Waals surface area contributed by atoms with E-state index in [0.29, 0.717) is 36.3 Å². The van der Waals surface area contributed by atoms with Gasteiger partial charge < -0.3 is 14.8 Å². The number of anilines is 1. The molecule has 0 bridgehead atoms.